The van der Waals surface area contributed by atoms with Crippen molar-refractivity contribution in [1.29, 1.82) is 0 Å². The van der Waals surface area contributed by atoms with Crippen LogP contribution in [0, 0.1) is 0 Å². The van der Waals surface area contributed by atoms with Gasteiger partial charge >= 0.3 is 0 Å². The second-order valence-corrected chi connectivity index (χ2v) is 9.93. The number of benzene rings is 4. The molecule has 180 valence electrons. The van der Waals surface area contributed by atoms with E-state index < -0.39 is 38.0 Å². The molecule has 1 aliphatic carbocycles. The summed E-state index contributed by atoms with van der Waals surface area (Å²) in [6.07, 6.45) is 0.608. The highest BCUT2D eigenvalue weighted by atomic mass is 32.2. The van der Waals surface area contributed by atoms with Gasteiger partial charge in [0.25, 0.3) is 10.1 Å². The minimum atomic E-state index is -4.92. The van der Waals surface area contributed by atoms with Crippen LogP contribution in [0.4, 0.5) is 17.1 Å². The lowest BCUT2D eigenvalue weighted by Gasteiger charge is -2.25. The average molecular weight is 500 g/mol. The van der Waals surface area contributed by atoms with Crippen LogP contribution in [-0.2, 0) is 16.5 Å². The Kier molecular flexibility index (Phi) is 5.39. The Balaban J connectivity index is 1.72. The van der Waals surface area contributed by atoms with Gasteiger partial charge in [-0.1, -0.05) is 60.7 Å². The molecule has 0 amide bonds. The smallest absolute Gasteiger partial charge is 0.298 e. The summed E-state index contributed by atoms with van der Waals surface area (Å²) >= 11 is 0. The molecular formula is C27H21N3O5S. The molecule has 36 heavy (non-hydrogen) atoms. The van der Waals surface area contributed by atoms with Crippen LogP contribution in [0.25, 0.3) is 11.1 Å². The fourth-order valence-electron chi connectivity index (χ4n) is 4.62. The van der Waals surface area contributed by atoms with Crippen molar-refractivity contribution in [3.05, 3.63) is 106 Å². The van der Waals surface area contributed by atoms with Crippen molar-refractivity contribution < 1.29 is 22.6 Å². The molecular weight excluding hydrogens is 478 g/mol. The standard InChI is InChI=1S/C27H21N3O5S/c28-17-11-7-15(8-12-17)13-14-5-9-16(10-6-14)20-21-22(24(30)27(23(20)29)36(33,34)35)26(32)19-4-2-1-3-18(19)25(21)31/h1-12H,13,28-30H2,(H,33,34,35). The SMILES string of the molecule is Nc1ccc(Cc2ccc(-c3c(N)c(S(=O)(=O)O)c(N)c4c3C(=O)c3ccccc3C4=O)cc2)cc1. The molecule has 0 aromatic heterocycles. The van der Waals surface area contributed by atoms with Crippen LogP contribution in [0.1, 0.15) is 43.0 Å². The van der Waals surface area contributed by atoms with Gasteiger partial charge < -0.3 is 17.2 Å². The van der Waals surface area contributed by atoms with E-state index in [2.05, 4.69) is 0 Å². The predicted molar refractivity (Wildman–Crippen MR) is 137 cm³/mol. The van der Waals surface area contributed by atoms with Gasteiger partial charge in [0.15, 0.2) is 11.6 Å². The van der Waals surface area contributed by atoms with E-state index in [1.54, 1.807) is 24.3 Å². The molecule has 7 N–H and O–H groups in total. The number of hydrogen-bond donors (Lipinski definition) is 4. The summed E-state index contributed by atoms with van der Waals surface area (Å²) < 4.78 is 34.4. The molecule has 0 radical (unpaired) electrons. The fraction of sp³-hybridized carbons (Fsp3) is 0.0370. The van der Waals surface area contributed by atoms with Gasteiger partial charge in [-0.15, -0.1) is 0 Å². The second-order valence-electron chi connectivity index (χ2n) is 8.58. The van der Waals surface area contributed by atoms with Crippen LogP contribution in [-0.4, -0.2) is 24.5 Å². The van der Waals surface area contributed by atoms with Crippen molar-refractivity contribution in [2.45, 2.75) is 11.3 Å². The maximum Gasteiger partial charge on any atom is 0.298 e. The van der Waals surface area contributed by atoms with Gasteiger partial charge in [0.2, 0.25) is 0 Å². The number of carbonyl (C=O) groups excluding carboxylic acids is 2. The molecule has 4 aromatic rings. The molecule has 0 saturated carbocycles. The van der Waals surface area contributed by atoms with Crippen LogP contribution >= 0.6 is 0 Å². The zero-order valence-electron chi connectivity index (χ0n) is 18.9. The highest BCUT2D eigenvalue weighted by Gasteiger charge is 2.38. The third-order valence-electron chi connectivity index (χ3n) is 6.29. The highest BCUT2D eigenvalue weighted by molar-refractivity contribution is 7.86. The van der Waals surface area contributed by atoms with Gasteiger partial charge in [0, 0.05) is 27.9 Å². The average Bonchev–Trinajstić information content (AvgIpc) is 2.83. The number of nitrogen functional groups attached to an aromatic ring is 3. The van der Waals surface area contributed by atoms with Crippen molar-refractivity contribution in [1.82, 2.24) is 0 Å². The summed E-state index contributed by atoms with van der Waals surface area (Å²) in [5.41, 5.74) is 20.0. The molecule has 5 rings (SSSR count). The molecule has 0 spiro atoms. The lowest BCUT2D eigenvalue weighted by molar-refractivity contribution is 0.0980. The van der Waals surface area contributed by atoms with Crippen LogP contribution in [0.5, 0.6) is 0 Å². The first-order valence-electron chi connectivity index (χ1n) is 10.9. The Bertz CT molecular complexity index is 1680. The number of hydrogen-bond acceptors (Lipinski definition) is 7. The van der Waals surface area contributed by atoms with Crippen LogP contribution in [0.2, 0.25) is 0 Å². The van der Waals surface area contributed by atoms with Gasteiger partial charge in [0.05, 0.1) is 16.9 Å². The number of carbonyl (C=O) groups is 2. The van der Waals surface area contributed by atoms with E-state index in [0.717, 1.165) is 11.1 Å². The summed E-state index contributed by atoms with van der Waals surface area (Å²) in [6, 6.07) is 20.6. The Hall–Kier alpha value is -4.47. The summed E-state index contributed by atoms with van der Waals surface area (Å²) in [7, 11) is -4.92. The van der Waals surface area contributed by atoms with Crippen LogP contribution in [0.15, 0.2) is 77.7 Å². The Morgan fingerprint density at radius 2 is 1.11 bits per heavy atom. The molecule has 0 aliphatic heterocycles. The first-order valence-corrected chi connectivity index (χ1v) is 12.4. The topological polar surface area (TPSA) is 167 Å². The van der Waals surface area contributed by atoms with E-state index in [1.165, 1.54) is 12.1 Å². The molecule has 9 heteroatoms. The first-order chi connectivity index (χ1) is 17.1. The Labute approximate surface area is 207 Å². The lowest BCUT2D eigenvalue weighted by Crippen LogP contribution is -2.26. The van der Waals surface area contributed by atoms with Gasteiger partial charge in [0.1, 0.15) is 4.90 Å². The summed E-state index contributed by atoms with van der Waals surface area (Å²) in [6.45, 7) is 0. The molecule has 0 fully saturated rings. The summed E-state index contributed by atoms with van der Waals surface area (Å²) in [5, 5.41) is 0. The number of anilines is 3. The van der Waals surface area contributed by atoms with Gasteiger partial charge in [-0.25, -0.2) is 0 Å². The molecule has 0 bridgehead atoms. The maximum absolute atomic E-state index is 13.6. The normalized spacial score (nSPS) is 12.8. The molecule has 0 heterocycles. The van der Waals surface area contributed by atoms with Crippen molar-refractivity contribution in [3.8, 4) is 11.1 Å². The molecule has 0 atom stereocenters. The second kappa shape index (κ2) is 8.33. The lowest BCUT2D eigenvalue weighted by atomic mass is 9.79. The first kappa shape index (κ1) is 23.3. The third-order valence-corrected chi connectivity index (χ3v) is 7.24. The van der Waals surface area contributed by atoms with E-state index in [1.807, 2.05) is 36.4 Å². The summed E-state index contributed by atoms with van der Waals surface area (Å²) in [4.78, 5) is 26.1. The molecule has 0 unspecified atom stereocenters. The van der Waals surface area contributed by atoms with Gasteiger partial charge in [-0.05, 0) is 35.2 Å². The largest absolute Gasteiger partial charge is 0.399 e. The number of rotatable bonds is 4. The van der Waals surface area contributed by atoms with E-state index in [-0.39, 0.29) is 27.8 Å². The number of fused-ring (bicyclic) bond motifs is 2. The maximum atomic E-state index is 13.6. The third kappa shape index (κ3) is 3.71. The minimum Gasteiger partial charge on any atom is -0.399 e. The molecule has 1 aliphatic rings. The number of ketones is 2. The van der Waals surface area contributed by atoms with Crippen molar-refractivity contribution in [2.24, 2.45) is 0 Å². The monoisotopic (exact) mass is 499 g/mol. The van der Waals surface area contributed by atoms with E-state index >= 15 is 0 Å². The van der Waals surface area contributed by atoms with Crippen LogP contribution < -0.4 is 17.2 Å². The van der Waals surface area contributed by atoms with Crippen LogP contribution in [0.3, 0.4) is 0 Å². The van der Waals surface area contributed by atoms with E-state index in [9.17, 15) is 22.6 Å². The molecule has 8 nitrogen and oxygen atoms in total. The molecule has 4 aromatic carbocycles. The van der Waals surface area contributed by atoms with Crippen molar-refractivity contribution >= 4 is 38.7 Å². The summed E-state index contributed by atoms with van der Waals surface area (Å²) in [5.74, 6) is -1.13. The fourth-order valence-corrected chi connectivity index (χ4v) is 5.38. The van der Waals surface area contributed by atoms with Gasteiger partial charge in [-0.3, -0.25) is 14.1 Å². The zero-order chi connectivity index (χ0) is 25.8. The minimum absolute atomic E-state index is 0.0266. The molecule has 0 saturated heterocycles. The zero-order valence-corrected chi connectivity index (χ0v) is 19.7. The van der Waals surface area contributed by atoms with E-state index in [0.29, 0.717) is 17.7 Å². The highest BCUT2D eigenvalue weighted by Crippen LogP contribution is 2.45. The van der Waals surface area contributed by atoms with Gasteiger partial charge in [-0.2, -0.15) is 8.42 Å². The van der Waals surface area contributed by atoms with Crippen molar-refractivity contribution in [2.75, 3.05) is 17.2 Å². The number of nitrogens with two attached hydrogens (primary N) is 3. The predicted octanol–water partition coefficient (Wildman–Crippen LogP) is 3.71. The van der Waals surface area contributed by atoms with Crippen molar-refractivity contribution in [3.63, 3.8) is 0 Å². The Morgan fingerprint density at radius 3 is 1.64 bits per heavy atom. The van der Waals surface area contributed by atoms with E-state index in [4.69, 9.17) is 17.2 Å². The quantitative estimate of drug-likeness (QED) is 0.214. The Morgan fingerprint density at radius 1 is 0.639 bits per heavy atom.